The highest BCUT2D eigenvalue weighted by Gasteiger charge is 2.18. The summed E-state index contributed by atoms with van der Waals surface area (Å²) in [5.74, 6) is -1.44. The fraction of sp³-hybridized carbons (Fsp3) is 0.0526. The van der Waals surface area contributed by atoms with Gasteiger partial charge in [-0.25, -0.2) is 18.1 Å². The Labute approximate surface area is 158 Å². The van der Waals surface area contributed by atoms with Gasteiger partial charge in [-0.1, -0.05) is 5.21 Å². The van der Waals surface area contributed by atoms with Crippen LogP contribution in [-0.4, -0.2) is 30.7 Å². The van der Waals surface area contributed by atoms with Gasteiger partial charge in [0.25, 0.3) is 5.91 Å². The Morgan fingerprint density at radius 1 is 1.11 bits per heavy atom. The monoisotopic (exact) mass is 380 g/mol. The number of nitrogens with zero attached hydrogens (tertiary/aromatic N) is 5. The Morgan fingerprint density at radius 2 is 1.89 bits per heavy atom. The highest BCUT2D eigenvalue weighted by Crippen LogP contribution is 2.19. The van der Waals surface area contributed by atoms with Crippen LogP contribution in [0.15, 0.2) is 60.9 Å². The molecule has 7 nitrogen and oxygen atoms in total. The molecule has 0 aliphatic heterocycles. The first kappa shape index (κ1) is 17.5. The summed E-state index contributed by atoms with van der Waals surface area (Å²) in [6.45, 7) is 1.67. The SMILES string of the molecule is Cc1c(C(=O)Nc2ccc(-n3cccn3)c(F)c2)nnn1-c1ccc(F)cc1. The van der Waals surface area contributed by atoms with Gasteiger partial charge in [0.05, 0.1) is 11.4 Å². The quantitative estimate of drug-likeness (QED) is 0.589. The molecule has 0 aliphatic rings. The molecule has 9 heteroatoms. The van der Waals surface area contributed by atoms with Gasteiger partial charge < -0.3 is 5.32 Å². The lowest BCUT2D eigenvalue weighted by Gasteiger charge is -2.08. The van der Waals surface area contributed by atoms with E-state index in [1.807, 2.05) is 0 Å². The zero-order valence-corrected chi connectivity index (χ0v) is 14.7. The van der Waals surface area contributed by atoms with E-state index in [9.17, 15) is 13.6 Å². The molecule has 28 heavy (non-hydrogen) atoms. The number of halogens is 2. The van der Waals surface area contributed by atoms with E-state index in [0.717, 1.165) is 0 Å². The lowest BCUT2D eigenvalue weighted by atomic mass is 10.2. The third kappa shape index (κ3) is 3.25. The zero-order valence-electron chi connectivity index (χ0n) is 14.7. The van der Waals surface area contributed by atoms with Crippen LogP contribution in [0, 0.1) is 18.6 Å². The van der Waals surface area contributed by atoms with Gasteiger partial charge in [0, 0.05) is 18.1 Å². The Morgan fingerprint density at radius 3 is 2.57 bits per heavy atom. The Hall–Kier alpha value is -3.88. The van der Waals surface area contributed by atoms with Crippen molar-refractivity contribution in [3.8, 4) is 11.4 Å². The summed E-state index contributed by atoms with van der Waals surface area (Å²) in [6.07, 6.45) is 3.16. The maximum atomic E-state index is 14.3. The van der Waals surface area contributed by atoms with E-state index < -0.39 is 11.7 Å². The predicted octanol–water partition coefficient (Wildman–Crippen LogP) is 3.29. The highest BCUT2D eigenvalue weighted by atomic mass is 19.1. The average molecular weight is 380 g/mol. The highest BCUT2D eigenvalue weighted by molar-refractivity contribution is 6.03. The summed E-state index contributed by atoms with van der Waals surface area (Å²) in [5.41, 5.74) is 1.66. The van der Waals surface area contributed by atoms with Crippen LogP contribution in [0.2, 0.25) is 0 Å². The largest absolute Gasteiger partial charge is 0.320 e. The van der Waals surface area contributed by atoms with Crippen LogP contribution in [0.1, 0.15) is 16.2 Å². The van der Waals surface area contributed by atoms with Gasteiger partial charge in [-0.3, -0.25) is 4.79 Å². The summed E-state index contributed by atoms with van der Waals surface area (Å²) in [5, 5.41) is 14.4. The van der Waals surface area contributed by atoms with Gasteiger partial charge in [0.1, 0.15) is 11.5 Å². The van der Waals surface area contributed by atoms with E-state index in [-0.39, 0.29) is 22.9 Å². The smallest absolute Gasteiger partial charge is 0.278 e. The number of aromatic nitrogens is 5. The summed E-state index contributed by atoms with van der Waals surface area (Å²) in [7, 11) is 0. The first-order valence-electron chi connectivity index (χ1n) is 8.32. The first-order chi connectivity index (χ1) is 13.5. The van der Waals surface area contributed by atoms with Crippen LogP contribution < -0.4 is 5.32 Å². The number of rotatable bonds is 4. The van der Waals surface area contributed by atoms with Crippen molar-refractivity contribution >= 4 is 11.6 Å². The lowest BCUT2D eigenvalue weighted by molar-refractivity contribution is 0.102. The van der Waals surface area contributed by atoms with Crippen molar-refractivity contribution < 1.29 is 13.6 Å². The molecule has 0 bridgehead atoms. The van der Waals surface area contributed by atoms with Crippen molar-refractivity contribution in [1.29, 1.82) is 0 Å². The number of carbonyl (C=O) groups is 1. The fourth-order valence-corrected chi connectivity index (χ4v) is 2.74. The third-order valence-corrected chi connectivity index (χ3v) is 4.14. The van der Waals surface area contributed by atoms with Crippen LogP contribution in [0.4, 0.5) is 14.5 Å². The second-order valence-corrected chi connectivity index (χ2v) is 5.98. The minimum Gasteiger partial charge on any atom is -0.320 e. The predicted molar refractivity (Wildman–Crippen MR) is 97.5 cm³/mol. The van der Waals surface area contributed by atoms with Gasteiger partial charge in [-0.05, 0) is 55.5 Å². The van der Waals surface area contributed by atoms with Crippen molar-refractivity contribution in [3.63, 3.8) is 0 Å². The zero-order chi connectivity index (χ0) is 19.7. The molecule has 1 amide bonds. The molecule has 2 aromatic carbocycles. The normalized spacial score (nSPS) is 10.8. The van der Waals surface area contributed by atoms with Gasteiger partial charge >= 0.3 is 0 Å². The fourth-order valence-electron chi connectivity index (χ4n) is 2.74. The second-order valence-electron chi connectivity index (χ2n) is 5.98. The third-order valence-electron chi connectivity index (χ3n) is 4.14. The molecule has 0 saturated carbocycles. The van der Waals surface area contributed by atoms with Crippen molar-refractivity contribution in [1.82, 2.24) is 24.8 Å². The Balaban J connectivity index is 1.56. The van der Waals surface area contributed by atoms with E-state index in [1.54, 1.807) is 31.5 Å². The van der Waals surface area contributed by atoms with Gasteiger partial charge in [-0.2, -0.15) is 5.10 Å². The minimum absolute atomic E-state index is 0.0842. The molecule has 0 spiro atoms. The molecule has 4 aromatic rings. The van der Waals surface area contributed by atoms with Crippen LogP contribution in [0.3, 0.4) is 0 Å². The van der Waals surface area contributed by atoms with Crippen LogP contribution in [0.5, 0.6) is 0 Å². The van der Waals surface area contributed by atoms with Gasteiger partial charge in [0.2, 0.25) is 0 Å². The van der Waals surface area contributed by atoms with E-state index in [4.69, 9.17) is 0 Å². The molecule has 1 N–H and O–H groups in total. The van der Waals surface area contributed by atoms with Crippen LogP contribution in [-0.2, 0) is 0 Å². The molecule has 0 fully saturated rings. The molecule has 0 radical (unpaired) electrons. The molecule has 140 valence electrons. The maximum Gasteiger partial charge on any atom is 0.278 e. The molecular weight excluding hydrogens is 366 g/mol. The standard InChI is InChI=1S/C19H14F2N6O/c1-12-18(24-25-27(12)15-6-3-13(20)4-7-15)19(28)23-14-5-8-17(16(21)11-14)26-10-2-9-22-26/h2-11H,1H3,(H,23,28). The molecule has 0 saturated heterocycles. The summed E-state index contributed by atoms with van der Waals surface area (Å²) >= 11 is 0. The first-order valence-corrected chi connectivity index (χ1v) is 8.32. The average Bonchev–Trinajstić information content (AvgIpc) is 3.33. The minimum atomic E-state index is -0.534. The Kier molecular flexibility index (Phi) is 4.40. The summed E-state index contributed by atoms with van der Waals surface area (Å²) in [6, 6.07) is 11.6. The summed E-state index contributed by atoms with van der Waals surface area (Å²) in [4.78, 5) is 12.5. The number of amides is 1. The number of nitrogens with one attached hydrogen (secondary N) is 1. The second kappa shape index (κ2) is 7.03. The molecule has 4 rings (SSSR count). The van der Waals surface area contributed by atoms with Gasteiger partial charge in [-0.15, -0.1) is 5.10 Å². The Bertz CT molecular complexity index is 1140. The topological polar surface area (TPSA) is 77.6 Å². The molecule has 2 aromatic heterocycles. The van der Waals surface area contributed by atoms with Gasteiger partial charge in [0.15, 0.2) is 11.5 Å². The summed E-state index contributed by atoms with van der Waals surface area (Å²) < 4.78 is 30.2. The molecule has 0 aliphatic carbocycles. The van der Waals surface area contributed by atoms with Crippen LogP contribution in [0.25, 0.3) is 11.4 Å². The van der Waals surface area contributed by atoms with E-state index in [1.165, 1.54) is 45.8 Å². The molecular formula is C19H14F2N6O. The van der Waals surface area contributed by atoms with Crippen molar-refractivity contribution in [2.75, 3.05) is 5.32 Å². The molecule has 0 atom stereocenters. The van der Waals surface area contributed by atoms with Crippen molar-refractivity contribution in [3.05, 3.63) is 83.9 Å². The van der Waals surface area contributed by atoms with Crippen molar-refractivity contribution in [2.24, 2.45) is 0 Å². The van der Waals surface area contributed by atoms with E-state index >= 15 is 0 Å². The number of anilines is 1. The number of benzene rings is 2. The van der Waals surface area contributed by atoms with Crippen LogP contribution >= 0.6 is 0 Å². The number of carbonyl (C=O) groups excluding carboxylic acids is 1. The lowest BCUT2D eigenvalue weighted by Crippen LogP contribution is -2.14. The van der Waals surface area contributed by atoms with Crippen molar-refractivity contribution in [2.45, 2.75) is 6.92 Å². The number of hydrogen-bond acceptors (Lipinski definition) is 4. The maximum absolute atomic E-state index is 14.3. The molecule has 0 unspecified atom stereocenters. The van der Waals surface area contributed by atoms with E-state index in [2.05, 4.69) is 20.7 Å². The van der Waals surface area contributed by atoms with E-state index in [0.29, 0.717) is 11.4 Å². The molecule has 2 heterocycles. The number of hydrogen-bond donors (Lipinski definition) is 1.